The fraction of sp³-hybridized carbons (Fsp3) is 1.00. The van der Waals surface area contributed by atoms with Crippen LogP contribution in [0.2, 0.25) is 0 Å². The number of aliphatic hydroxyl groups excluding tert-OH is 1. The zero-order chi connectivity index (χ0) is 11.1. The minimum Gasteiger partial charge on any atom is -0.385 e. The van der Waals surface area contributed by atoms with Crippen molar-refractivity contribution < 1.29 is 20.4 Å². The lowest BCUT2D eigenvalue weighted by Crippen LogP contribution is -2.41. The van der Waals surface area contributed by atoms with Crippen LogP contribution in [0.15, 0.2) is 0 Å². The van der Waals surface area contributed by atoms with Crippen LogP contribution in [0.25, 0.3) is 0 Å². The van der Waals surface area contributed by atoms with Crippen LogP contribution in [0.3, 0.4) is 0 Å². The maximum absolute atomic E-state index is 8.64. The van der Waals surface area contributed by atoms with E-state index >= 15 is 0 Å². The van der Waals surface area contributed by atoms with E-state index in [0.717, 1.165) is 0 Å². The molecule has 0 aromatic rings. The predicted octanol–water partition coefficient (Wildman–Crippen LogP) is -1.04. The lowest BCUT2D eigenvalue weighted by molar-refractivity contribution is -0.355. The van der Waals surface area contributed by atoms with Gasteiger partial charge in [0.1, 0.15) is 6.10 Å². The normalized spacial score (nSPS) is 13.6. The van der Waals surface area contributed by atoms with Crippen LogP contribution >= 0.6 is 0 Å². The Morgan fingerprint density at radius 2 is 1.46 bits per heavy atom. The first kappa shape index (κ1) is 15.3. The summed E-state index contributed by atoms with van der Waals surface area (Å²) in [6, 6.07) is 0. The summed E-state index contributed by atoms with van der Waals surface area (Å²) in [6.45, 7) is 1.76. The molecule has 0 heterocycles. The zero-order valence-electron chi connectivity index (χ0n) is 8.73. The van der Waals surface area contributed by atoms with E-state index in [1.54, 1.807) is 6.92 Å². The highest BCUT2D eigenvalue weighted by Crippen LogP contribution is 2.07. The molecule has 0 aliphatic carbocycles. The highest BCUT2D eigenvalue weighted by Gasteiger charge is 2.28. The fourth-order valence-electron chi connectivity index (χ4n) is 0.467. The Balaban J connectivity index is 0. The third-order valence-corrected chi connectivity index (χ3v) is 1.01. The molecule has 0 rings (SSSR count). The van der Waals surface area contributed by atoms with Gasteiger partial charge < -0.3 is 25.3 Å². The molecule has 0 fully saturated rings. The number of hydrogen-bond donors (Lipinski definition) is 4. The van der Waals surface area contributed by atoms with Crippen molar-refractivity contribution in [1.29, 1.82) is 0 Å². The molecule has 5 heteroatoms. The van der Waals surface area contributed by atoms with Crippen LogP contribution < -0.4 is 0 Å². The molecule has 0 aliphatic heterocycles. The molecule has 0 saturated carbocycles. The molecule has 0 aromatic heterocycles. The van der Waals surface area contributed by atoms with Gasteiger partial charge in [0, 0.05) is 0 Å². The predicted molar refractivity (Wildman–Crippen MR) is 49.9 cm³/mol. The third-order valence-electron chi connectivity index (χ3n) is 1.01. The Labute approximate surface area is 79.2 Å². The topological polar surface area (TPSA) is 84.2 Å². The zero-order valence-corrected chi connectivity index (χ0v) is 8.73. The average Bonchev–Trinajstić information content (AvgIpc) is 1.84. The van der Waals surface area contributed by atoms with Gasteiger partial charge in [-0.3, -0.25) is 0 Å². The molecule has 0 saturated heterocycles. The van der Waals surface area contributed by atoms with E-state index in [-0.39, 0.29) is 6.42 Å². The summed E-state index contributed by atoms with van der Waals surface area (Å²) >= 11 is 0. The molecular weight excluding hydrogens is 174 g/mol. The maximum Gasteiger partial charge on any atom is 0.302 e. The van der Waals surface area contributed by atoms with E-state index in [2.05, 4.69) is 0 Å². The quantitative estimate of drug-likeness (QED) is 0.432. The van der Waals surface area contributed by atoms with Crippen LogP contribution in [0, 0.1) is 0 Å². The highest BCUT2D eigenvalue weighted by atomic mass is 16.7. The van der Waals surface area contributed by atoms with Crippen LogP contribution in [0.5, 0.6) is 0 Å². The Morgan fingerprint density at radius 1 is 1.15 bits per heavy atom. The van der Waals surface area contributed by atoms with Crippen LogP contribution in [0.1, 0.15) is 19.8 Å². The van der Waals surface area contributed by atoms with E-state index in [4.69, 9.17) is 20.4 Å². The first-order valence-electron chi connectivity index (χ1n) is 4.17. The largest absolute Gasteiger partial charge is 0.385 e. The molecule has 0 amide bonds. The van der Waals surface area contributed by atoms with Gasteiger partial charge in [0.25, 0.3) is 0 Å². The molecule has 1 unspecified atom stereocenters. The van der Waals surface area contributed by atoms with Crippen LogP contribution in [-0.2, 0) is 0 Å². The third kappa shape index (κ3) is 14.6. The van der Waals surface area contributed by atoms with Crippen molar-refractivity contribution in [3.8, 4) is 0 Å². The first-order chi connectivity index (χ1) is 5.71. The van der Waals surface area contributed by atoms with Gasteiger partial charge in [0.2, 0.25) is 0 Å². The van der Waals surface area contributed by atoms with Crippen molar-refractivity contribution in [3.63, 3.8) is 0 Å². The minimum absolute atomic E-state index is 0.170. The van der Waals surface area contributed by atoms with E-state index in [0.29, 0.717) is 6.42 Å². The van der Waals surface area contributed by atoms with Gasteiger partial charge in [-0.05, 0) is 27.6 Å². The summed E-state index contributed by atoms with van der Waals surface area (Å²) in [6.07, 6.45) is -0.712. The molecule has 0 aromatic carbocycles. The Bertz CT molecular complexity index is 108. The highest BCUT2D eigenvalue weighted by molar-refractivity contribution is 4.60. The van der Waals surface area contributed by atoms with Gasteiger partial charge in [-0.2, -0.15) is 0 Å². The Morgan fingerprint density at radius 3 is 1.54 bits per heavy atom. The molecule has 0 spiro atoms. The molecule has 13 heavy (non-hydrogen) atoms. The van der Waals surface area contributed by atoms with Gasteiger partial charge in [-0.25, -0.2) is 0 Å². The Kier molecular flexibility index (Phi) is 8.49. The van der Waals surface area contributed by atoms with Gasteiger partial charge >= 0.3 is 5.97 Å². The summed E-state index contributed by atoms with van der Waals surface area (Å²) in [4.78, 5) is 2.00. The smallest absolute Gasteiger partial charge is 0.302 e. The van der Waals surface area contributed by atoms with Crippen molar-refractivity contribution >= 4 is 0 Å². The van der Waals surface area contributed by atoms with Gasteiger partial charge in [0.15, 0.2) is 0 Å². The van der Waals surface area contributed by atoms with E-state index in [1.807, 2.05) is 26.0 Å². The summed E-state index contributed by atoms with van der Waals surface area (Å²) in [5, 5.41) is 33.5. The van der Waals surface area contributed by atoms with Crippen LogP contribution in [-0.4, -0.2) is 58.5 Å². The fourth-order valence-corrected chi connectivity index (χ4v) is 0.467. The molecule has 4 N–H and O–H groups in total. The lowest BCUT2D eigenvalue weighted by atomic mass is 10.2. The van der Waals surface area contributed by atoms with Gasteiger partial charge in [0.05, 0.1) is 0 Å². The molecule has 1 atom stereocenters. The summed E-state index contributed by atoms with van der Waals surface area (Å²) in [7, 11) is 6.00. The number of nitrogens with zero attached hydrogens (tertiary/aromatic N) is 1. The van der Waals surface area contributed by atoms with Gasteiger partial charge in [-0.15, -0.1) is 0 Å². The van der Waals surface area contributed by atoms with Crippen molar-refractivity contribution in [2.45, 2.75) is 31.8 Å². The van der Waals surface area contributed by atoms with Crippen molar-refractivity contribution in [2.24, 2.45) is 0 Å². The number of rotatable bonds is 3. The van der Waals surface area contributed by atoms with Crippen LogP contribution in [0.4, 0.5) is 0 Å². The standard InChI is InChI=1S/C5H12O4.C3H9N/c1-2-3-4(6)5(7,8)9;1-4(2)3/h4,6-9H,2-3H2,1H3;1-3H3. The number of hydrogen-bond acceptors (Lipinski definition) is 5. The molecule has 0 radical (unpaired) electrons. The number of aliphatic hydroxyl groups is 4. The molecular formula is C8H21NO4. The molecule has 82 valence electrons. The van der Waals surface area contributed by atoms with E-state index in [1.165, 1.54) is 0 Å². The lowest BCUT2D eigenvalue weighted by Gasteiger charge is -2.19. The molecule has 0 bridgehead atoms. The molecule has 5 nitrogen and oxygen atoms in total. The second-order valence-electron chi connectivity index (χ2n) is 3.33. The first-order valence-corrected chi connectivity index (χ1v) is 4.17. The van der Waals surface area contributed by atoms with E-state index < -0.39 is 12.1 Å². The minimum atomic E-state index is -2.93. The SMILES string of the molecule is CCCC(O)C(O)(O)O.CN(C)C. The molecule has 0 aliphatic rings. The maximum atomic E-state index is 8.64. The van der Waals surface area contributed by atoms with Crippen molar-refractivity contribution in [3.05, 3.63) is 0 Å². The average molecular weight is 195 g/mol. The summed E-state index contributed by atoms with van der Waals surface area (Å²) in [5.41, 5.74) is 0. The Hall–Kier alpha value is -0.200. The second kappa shape index (κ2) is 7.23. The monoisotopic (exact) mass is 195 g/mol. The van der Waals surface area contributed by atoms with Crippen molar-refractivity contribution in [2.75, 3.05) is 21.1 Å². The van der Waals surface area contributed by atoms with E-state index in [9.17, 15) is 0 Å². The van der Waals surface area contributed by atoms with Gasteiger partial charge in [-0.1, -0.05) is 13.3 Å². The summed E-state index contributed by atoms with van der Waals surface area (Å²) in [5.74, 6) is -2.93. The second-order valence-corrected chi connectivity index (χ2v) is 3.33. The van der Waals surface area contributed by atoms with Crippen molar-refractivity contribution in [1.82, 2.24) is 4.90 Å². The summed E-state index contributed by atoms with van der Waals surface area (Å²) < 4.78 is 0.